The van der Waals surface area contributed by atoms with Crippen LogP contribution in [0.4, 0.5) is 0 Å². The highest BCUT2D eigenvalue weighted by Crippen LogP contribution is 2.13. The Morgan fingerprint density at radius 1 is 1.43 bits per heavy atom. The molecule has 0 heterocycles. The quantitative estimate of drug-likeness (QED) is 0.876. The molecule has 0 aliphatic heterocycles. The van der Waals surface area contributed by atoms with Gasteiger partial charge in [0.1, 0.15) is 0 Å². The molecule has 2 N–H and O–H groups in total. The average Bonchev–Trinajstić information content (AvgIpc) is 2.17. The van der Waals surface area contributed by atoms with Crippen LogP contribution < -0.4 is 5.73 Å². The first-order chi connectivity index (χ1) is 6.76. The minimum atomic E-state index is 0.724. The number of hydrogen-bond donors (Lipinski definition) is 1. The largest absolute Gasteiger partial charge is 0.329 e. The van der Waals surface area contributed by atoms with E-state index in [1.54, 1.807) is 0 Å². The normalized spacial score (nSPS) is 10.9. The molecule has 0 aromatic heterocycles. The Kier molecular flexibility index (Phi) is 5.15. The van der Waals surface area contributed by atoms with Crippen molar-refractivity contribution >= 4 is 15.9 Å². The van der Waals surface area contributed by atoms with Crippen LogP contribution in [-0.4, -0.2) is 24.5 Å². The second kappa shape index (κ2) is 6.17. The summed E-state index contributed by atoms with van der Waals surface area (Å²) in [5, 5.41) is 0. The molecule has 0 amide bonds. The lowest BCUT2D eigenvalue weighted by Crippen LogP contribution is -2.28. The van der Waals surface area contributed by atoms with Crippen molar-refractivity contribution in [3.8, 4) is 0 Å². The van der Waals surface area contributed by atoms with Crippen LogP contribution in [0.2, 0.25) is 0 Å². The summed E-state index contributed by atoms with van der Waals surface area (Å²) < 4.78 is 1.14. The second-order valence-electron chi connectivity index (χ2n) is 3.29. The maximum atomic E-state index is 5.54. The standard InChI is InChI=1S/C11H17BrN2/c1-2-14(7-6-13)9-10-4-3-5-11(12)8-10/h3-5,8H,2,6-7,9,13H2,1H3. The van der Waals surface area contributed by atoms with E-state index in [9.17, 15) is 0 Å². The summed E-state index contributed by atoms with van der Waals surface area (Å²) in [5.74, 6) is 0. The van der Waals surface area contributed by atoms with Gasteiger partial charge in [-0.1, -0.05) is 35.0 Å². The minimum absolute atomic E-state index is 0.724. The third-order valence-electron chi connectivity index (χ3n) is 2.19. The number of nitrogens with two attached hydrogens (primary N) is 1. The number of halogens is 1. The molecule has 0 saturated carbocycles. The monoisotopic (exact) mass is 256 g/mol. The van der Waals surface area contributed by atoms with Gasteiger partial charge in [-0.2, -0.15) is 0 Å². The molecule has 0 unspecified atom stereocenters. The molecule has 0 spiro atoms. The molecule has 0 aliphatic carbocycles. The van der Waals surface area contributed by atoms with Gasteiger partial charge in [0, 0.05) is 24.1 Å². The third-order valence-corrected chi connectivity index (χ3v) is 2.68. The van der Waals surface area contributed by atoms with Gasteiger partial charge in [0.2, 0.25) is 0 Å². The molecule has 1 rings (SSSR count). The molecule has 1 aromatic rings. The molecule has 78 valence electrons. The van der Waals surface area contributed by atoms with Gasteiger partial charge in [-0.3, -0.25) is 4.90 Å². The average molecular weight is 257 g/mol. The van der Waals surface area contributed by atoms with Gasteiger partial charge in [-0.25, -0.2) is 0 Å². The Bertz CT molecular complexity index is 276. The van der Waals surface area contributed by atoms with Crippen LogP contribution in [0.3, 0.4) is 0 Å². The molecule has 0 bridgehead atoms. The van der Waals surface area contributed by atoms with Crippen molar-refractivity contribution < 1.29 is 0 Å². The molecular weight excluding hydrogens is 240 g/mol. The zero-order valence-corrected chi connectivity index (χ0v) is 10.1. The lowest BCUT2D eigenvalue weighted by atomic mass is 10.2. The van der Waals surface area contributed by atoms with Crippen LogP contribution >= 0.6 is 15.9 Å². The van der Waals surface area contributed by atoms with Gasteiger partial charge in [-0.15, -0.1) is 0 Å². The van der Waals surface area contributed by atoms with Crippen LogP contribution in [0.1, 0.15) is 12.5 Å². The maximum absolute atomic E-state index is 5.54. The summed E-state index contributed by atoms with van der Waals surface area (Å²) in [6.45, 7) is 5.87. The summed E-state index contributed by atoms with van der Waals surface area (Å²) in [6, 6.07) is 8.40. The van der Waals surface area contributed by atoms with Gasteiger partial charge in [0.05, 0.1) is 0 Å². The molecule has 0 saturated heterocycles. The lowest BCUT2D eigenvalue weighted by Gasteiger charge is -2.19. The lowest BCUT2D eigenvalue weighted by molar-refractivity contribution is 0.288. The van der Waals surface area contributed by atoms with E-state index in [-0.39, 0.29) is 0 Å². The molecule has 3 heteroatoms. The first kappa shape index (κ1) is 11.7. The van der Waals surface area contributed by atoms with Gasteiger partial charge in [-0.05, 0) is 24.2 Å². The molecule has 0 fully saturated rings. The number of benzene rings is 1. The van der Waals surface area contributed by atoms with Gasteiger partial charge in [0.25, 0.3) is 0 Å². The summed E-state index contributed by atoms with van der Waals surface area (Å²) in [5.41, 5.74) is 6.87. The van der Waals surface area contributed by atoms with E-state index in [0.29, 0.717) is 0 Å². The van der Waals surface area contributed by atoms with Crippen LogP contribution in [0, 0.1) is 0 Å². The molecule has 0 radical (unpaired) electrons. The van der Waals surface area contributed by atoms with Crippen molar-refractivity contribution in [2.75, 3.05) is 19.6 Å². The zero-order chi connectivity index (χ0) is 10.4. The predicted octanol–water partition coefficient (Wildman–Crippen LogP) is 2.23. The number of nitrogens with zero attached hydrogens (tertiary/aromatic N) is 1. The summed E-state index contributed by atoms with van der Waals surface area (Å²) in [4.78, 5) is 2.34. The van der Waals surface area contributed by atoms with Crippen LogP contribution in [-0.2, 0) is 6.54 Å². The highest BCUT2D eigenvalue weighted by Gasteiger charge is 2.02. The fourth-order valence-corrected chi connectivity index (χ4v) is 1.87. The Labute approximate surface area is 94.2 Å². The predicted molar refractivity (Wildman–Crippen MR) is 64.1 cm³/mol. The highest BCUT2D eigenvalue weighted by molar-refractivity contribution is 9.10. The molecule has 0 aliphatic rings. The van der Waals surface area contributed by atoms with E-state index in [4.69, 9.17) is 5.73 Å². The van der Waals surface area contributed by atoms with E-state index in [0.717, 1.165) is 30.7 Å². The Morgan fingerprint density at radius 2 is 2.21 bits per heavy atom. The van der Waals surface area contributed by atoms with Crippen molar-refractivity contribution in [2.24, 2.45) is 5.73 Å². The van der Waals surface area contributed by atoms with Crippen LogP contribution in [0.15, 0.2) is 28.7 Å². The first-order valence-corrected chi connectivity index (χ1v) is 5.72. The van der Waals surface area contributed by atoms with Crippen molar-refractivity contribution in [2.45, 2.75) is 13.5 Å². The Balaban J connectivity index is 2.57. The van der Waals surface area contributed by atoms with E-state index >= 15 is 0 Å². The van der Waals surface area contributed by atoms with E-state index < -0.39 is 0 Å². The summed E-state index contributed by atoms with van der Waals surface area (Å²) >= 11 is 3.47. The first-order valence-electron chi connectivity index (χ1n) is 4.93. The summed E-state index contributed by atoms with van der Waals surface area (Å²) in [7, 11) is 0. The fraction of sp³-hybridized carbons (Fsp3) is 0.455. The Morgan fingerprint density at radius 3 is 2.79 bits per heavy atom. The number of rotatable bonds is 5. The van der Waals surface area contributed by atoms with Gasteiger partial charge < -0.3 is 5.73 Å². The highest BCUT2D eigenvalue weighted by atomic mass is 79.9. The fourth-order valence-electron chi connectivity index (χ4n) is 1.43. The van der Waals surface area contributed by atoms with Crippen LogP contribution in [0.5, 0.6) is 0 Å². The van der Waals surface area contributed by atoms with Gasteiger partial charge in [0.15, 0.2) is 0 Å². The van der Waals surface area contributed by atoms with E-state index in [1.807, 2.05) is 6.07 Å². The van der Waals surface area contributed by atoms with Crippen molar-refractivity contribution in [1.29, 1.82) is 0 Å². The van der Waals surface area contributed by atoms with E-state index in [1.165, 1.54) is 5.56 Å². The summed E-state index contributed by atoms with van der Waals surface area (Å²) in [6.07, 6.45) is 0. The van der Waals surface area contributed by atoms with Crippen molar-refractivity contribution in [3.63, 3.8) is 0 Å². The second-order valence-corrected chi connectivity index (χ2v) is 4.20. The van der Waals surface area contributed by atoms with Crippen LogP contribution in [0.25, 0.3) is 0 Å². The topological polar surface area (TPSA) is 29.3 Å². The number of likely N-dealkylation sites (N-methyl/N-ethyl adjacent to an activating group) is 1. The van der Waals surface area contributed by atoms with Crippen molar-refractivity contribution in [3.05, 3.63) is 34.3 Å². The zero-order valence-electron chi connectivity index (χ0n) is 8.54. The molecule has 0 atom stereocenters. The number of hydrogen-bond acceptors (Lipinski definition) is 2. The maximum Gasteiger partial charge on any atom is 0.0234 e. The van der Waals surface area contributed by atoms with Crippen molar-refractivity contribution in [1.82, 2.24) is 4.90 Å². The third kappa shape index (κ3) is 3.78. The molecule has 1 aromatic carbocycles. The molecule has 14 heavy (non-hydrogen) atoms. The molecular formula is C11H17BrN2. The van der Waals surface area contributed by atoms with E-state index in [2.05, 4.69) is 46.0 Å². The SMILES string of the molecule is CCN(CCN)Cc1cccc(Br)c1. The van der Waals surface area contributed by atoms with Gasteiger partial charge >= 0.3 is 0 Å². The smallest absolute Gasteiger partial charge is 0.0234 e. The minimum Gasteiger partial charge on any atom is -0.329 e. The molecule has 2 nitrogen and oxygen atoms in total. The Hall–Kier alpha value is -0.380.